The van der Waals surface area contributed by atoms with E-state index in [2.05, 4.69) is 0 Å². The number of benzene rings is 3. The number of hydrogen-bond donors (Lipinski definition) is 0. The Kier molecular flexibility index (Phi) is 3.43. The van der Waals surface area contributed by atoms with Crippen LogP contribution in [0.5, 0.6) is 17.2 Å². The van der Waals surface area contributed by atoms with Crippen molar-refractivity contribution in [2.75, 3.05) is 12.0 Å². The largest absolute Gasteiger partial charge is 0.497 e. The lowest BCUT2D eigenvalue weighted by Crippen LogP contribution is -2.24. The second-order valence-electron chi connectivity index (χ2n) is 5.40. The summed E-state index contributed by atoms with van der Waals surface area (Å²) < 4.78 is 11.2. The van der Waals surface area contributed by atoms with Crippen molar-refractivity contribution in [2.24, 2.45) is 0 Å². The number of nitrogens with zero attached hydrogens (tertiary/aromatic N) is 1. The van der Waals surface area contributed by atoms with Crippen LogP contribution >= 0.6 is 0 Å². The molecule has 1 amide bonds. The van der Waals surface area contributed by atoms with Gasteiger partial charge in [-0.3, -0.25) is 9.69 Å². The lowest BCUT2D eigenvalue weighted by molar-refractivity contribution is 0.0999. The maximum atomic E-state index is 13.2. The maximum Gasteiger partial charge on any atom is 0.266 e. The van der Waals surface area contributed by atoms with Crippen molar-refractivity contribution in [1.82, 2.24) is 0 Å². The zero-order valence-corrected chi connectivity index (χ0v) is 13.1. The first-order valence-corrected chi connectivity index (χ1v) is 7.62. The quantitative estimate of drug-likeness (QED) is 0.683. The van der Waals surface area contributed by atoms with Crippen LogP contribution in [-0.2, 0) is 0 Å². The van der Waals surface area contributed by atoms with Crippen molar-refractivity contribution >= 4 is 17.3 Å². The Morgan fingerprint density at radius 1 is 0.833 bits per heavy atom. The molecule has 1 aliphatic heterocycles. The molecule has 0 saturated heterocycles. The number of carbonyl (C=O) groups excluding carboxylic acids is 1. The van der Waals surface area contributed by atoms with Gasteiger partial charge in [0.1, 0.15) is 11.5 Å². The molecule has 0 atom stereocenters. The van der Waals surface area contributed by atoms with Crippen molar-refractivity contribution in [2.45, 2.75) is 0 Å². The van der Waals surface area contributed by atoms with Crippen LogP contribution < -0.4 is 14.4 Å². The van der Waals surface area contributed by atoms with E-state index in [9.17, 15) is 4.79 Å². The Bertz CT molecular complexity index is 903. The number of methoxy groups -OCH3 is 1. The highest BCUT2D eigenvalue weighted by molar-refractivity contribution is 6.14. The van der Waals surface area contributed by atoms with Gasteiger partial charge in [-0.1, -0.05) is 24.3 Å². The van der Waals surface area contributed by atoms with Crippen LogP contribution in [0.4, 0.5) is 11.4 Å². The summed E-state index contributed by atoms with van der Waals surface area (Å²) in [6.45, 7) is 0. The second kappa shape index (κ2) is 5.74. The van der Waals surface area contributed by atoms with Crippen molar-refractivity contribution in [3.63, 3.8) is 0 Å². The summed E-state index contributed by atoms with van der Waals surface area (Å²) in [5, 5.41) is 0. The normalized spacial score (nSPS) is 12.7. The highest BCUT2D eigenvalue weighted by atomic mass is 16.5. The zero-order chi connectivity index (χ0) is 16.5. The molecule has 4 rings (SSSR count). The van der Waals surface area contributed by atoms with E-state index < -0.39 is 0 Å². The van der Waals surface area contributed by atoms with Gasteiger partial charge in [-0.05, 0) is 48.5 Å². The summed E-state index contributed by atoms with van der Waals surface area (Å²) in [6, 6.07) is 22.2. The average Bonchev–Trinajstić information content (AvgIpc) is 2.76. The number of rotatable bonds is 2. The predicted octanol–water partition coefficient (Wildman–Crippen LogP) is 4.78. The second-order valence-corrected chi connectivity index (χ2v) is 5.40. The van der Waals surface area contributed by atoms with Gasteiger partial charge in [0.05, 0.1) is 18.4 Å². The Hall–Kier alpha value is -3.27. The van der Waals surface area contributed by atoms with Gasteiger partial charge in [0, 0.05) is 5.69 Å². The molecule has 0 N–H and O–H groups in total. The number of para-hydroxylation sites is 3. The highest BCUT2D eigenvalue weighted by Gasteiger charge is 2.28. The summed E-state index contributed by atoms with van der Waals surface area (Å²) in [5.74, 6) is 1.82. The van der Waals surface area contributed by atoms with Crippen LogP contribution in [0.1, 0.15) is 10.4 Å². The minimum Gasteiger partial charge on any atom is -0.497 e. The molecule has 4 heteroatoms. The van der Waals surface area contributed by atoms with Gasteiger partial charge in [0.2, 0.25) is 0 Å². The fraction of sp³-hybridized carbons (Fsp3) is 0.0500. The molecule has 0 aliphatic carbocycles. The number of carbonyl (C=O) groups is 1. The minimum absolute atomic E-state index is 0.124. The molecule has 0 radical (unpaired) electrons. The van der Waals surface area contributed by atoms with E-state index >= 15 is 0 Å². The van der Waals surface area contributed by atoms with E-state index in [-0.39, 0.29) is 5.91 Å². The Morgan fingerprint density at radius 3 is 2.25 bits per heavy atom. The smallest absolute Gasteiger partial charge is 0.266 e. The van der Waals surface area contributed by atoms with E-state index in [4.69, 9.17) is 9.47 Å². The number of ether oxygens (including phenoxy) is 2. The van der Waals surface area contributed by atoms with E-state index in [1.807, 2.05) is 66.7 Å². The molecule has 3 aromatic rings. The van der Waals surface area contributed by atoms with Gasteiger partial charge in [0.15, 0.2) is 5.75 Å². The van der Waals surface area contributed by atoms with E-state index in [1.165, 1.54) is 0 Å². The predicted molar refractivity (Wildman–Crippen MR) is 92.4 cm³/mol. The lowest BCUT2D eigenvalue weighted by Gasteiger charge is -2.22. The van der Waals surface area contributed by atoms with Gasteiger partial charge in [0.25, 0.3) is 5.91 Å². The Balaban J connectivity index is 1.91. The number of amides is 1. The summed E-state index contributed by atoms with van der Waals surface area (Å²) in [7, 11) is 1.62. The van der Waals surface area contributed by atoms with Crippen LogP contribution in [0.2, 0.25) is 0 Å². The monoisotopic (exact) mass is 317 g/mol. The zero-order valence-electron chi connectivity index (χ0n) is 13.1. The van der Waals surface area contributed by atoms with Gasteiger partial charge < -0.3 is 9.47 Å². The molecule has 0 spiro atoms. The van der Waals surface area contributed by atoms with Gasteiger partial charge >= 0.3 is 0 Å². The third kappa shape index (κ3) is 2.29. The fourth-order valence-electron chi connectivity index (χ4n) is 2.80. The van der Waals surface area contributed by atoms with Crippen molar-refractivity contribution < 1.29 is 14.3 Å². The summed E-state index contributed by atoms with van der Waals surface area (Å²) in [5.41, 5.74) is 2.00. The maximum absolute atomic E-state index is 13.2. The minimum atomic E-state index is -0.124. The van der Waals surface area contributed by atoms with Crippen LogP contribution in [0.15, 0.2) is 72.8 Å². The molecule has 1 aliphatic rings. The summed E-state index contributed by atoms with van der Waals surface area (Å²) >= 11 is 0. The topological polar surface area (TPSA) is 38.8 Å². The number of fused-ring (bicyclic) bond motifs is 2. The molecule has 4 nitrogen and oxygen atoms in total. The van der Waals surface area contributed by atoms with Crippen molar-refractivity contribution in [3.8, 4) is 17.2 Å². The van der Waals surface area contributed by atoms with E-state index in [0.29, 0.717) is 22.7 Å². The van der Waals surface area contributed by atoms with Crippen LogP contribution in [-0.4, -0.2) is 13.0 Å². The molecule has 118 valence electrons. The first-order valence-electron chi connectivity index (χ1n) is 7.62. The molecule has 0 fully saturated rings. The molecule has 0 unspecified atom stereocenters. The summed E-state index contributed by atoms with van der Waals surface area (Å²) in [4.78, 5) is 14.8. The SMILES string of the molecule is COc1ccc(N2C(=O)c3ccccc3Oc3ccccc32)cc1. The van der Waals surface area contributed by atoms with E-state index in [1.54, 1.807) is 18.1 Å². The third-order valence-corrected chi connectivity index (χ3v) is 3.98. The first-order chi connectivity index (χ1) is 11.8. The third-order valence-electron chi connectivity index (χ3n) is 3.98. The Morgan fingerprint density at radius 2 is 1.50 bits per heavy atom. The standard InChI is InChI=1S/C20H15NO3/c1-23-15-12-10-14(11-13-15)21-17-7-3-5-9-19(17)24-18-8-4-2-6-16(18)20(21)22/h2-13H,1H3. The van der Waals surface area contributed by atoms with E-state index in [0.717, 1.165) is 11.4 Å². The van der Waals surface area contributed by atoms with Gasteiger partial charge in [-0.25, -0.2) is 0 Å². The van der Waals surface area contributed by atoms with Crippen LogP contribution in [0.25, 0.3) is 0 Å². The molecule has 3 aromatic carbocycles. The fourth-order valence-corrected chi connectivity index (χ4v) is 2.80. The summed E-state index contributed by atoms with van der Waals surface area (Å²) in [6.07, 6.45) is 0. The molecule has 24 heavy (non-hydrogen) atoms. The van der Waals surface area contributed by atoms with Crippen molar-refractivity contribution in [1.29, 1.82) is 0 Å². The Labute approximate surface area is 139 Å². The molecular formula is C20H15NO3. The first kappa shape index (κ1) is 14.3. The van der Waals surface area contributed by atoms with Crippen LogP contribution in [0, 0.1) is 0 Å². The number of anilines is 2. The lowest BCUT2D eigenvalue weighted by atomic mass is 10.1. The highest BCUT2D eigenvalue weighted by Crippen LogP contribution is 2.42. The van der Waals surface area contributed by atoms with Crippen molar-refractivity contribution in [3.05, 3.63) is 78.4 Å². The molecule has 0 saturated carbocycles. The van der Waals surface area contributed by atoms with Gasteiger partial charge in [-0.2, -0.15) is 0 Å². The molecular weight excluding hydrogens is 302 g/mol. The number of hydrogen-bond acceptors (Lipinski definition) is 3. The molecule has 1 heterocycles. The molecule has 0 bridgehead atoms. The average molecular weight is 317 g/mol. The van der Waals surface area contributed by atoms with Crippen LogP contribution in [0.3, 0.4) is 0 Å². The van der Waals surface area contributed by atoms with Gasteiger partial charge in [-0.15, -0.1) is 0 Å². The molecule has 0 aromatic heterocycles.